The number of aromatic nitrogens is 4. The molecule has 0 radical (unpaired) electrons. The van der Waals surface area contributed by atoms with Gasteiger partial charge in [0.25, 0.3) is 5.91 Å². The van der Waals surface area contributed by atoms with Crippen molar-refractivity contribution in [2.45, 2.75) is 37.6 Å². The summed E-state index contributed by atoms with van der Waals surface area (Å²) in [7, 11) is 4.11. The fraction of sp³-hybridized carbons (Fsp3) is 0.375. The number of anilines is 1. The van der Waals surface area contributed by atoms with E-state index in [-0.39, 0.29) is 5.91 Å². The highest BCUT2D eigenvalue weighted by Gasteiger charge is 2.29. The molecule has 2 N–H and O–H groups in total. The zero-order valence-corrected chi connectivity index (χ0v) is 17.9. The lowest BCUT2D eigenvalue weighted by Gasteiger charge is -2.17. The molecule has 1 aliphatic heterocycles. The summed E-state index contributed by atoms with van der Waals surface area (Å²) in [5.74, 6) is 0.966. The van der Waals surface area contributed by atoms with Crippen LogP contribution in [-0.2, 0) is 7.05 Å². The van der Waals surface area contributed by atoms with Gasteiger partial charge in [-0.2, -0.15) is 5.10 Å². The van der Waals surface area contributed by atoms with Crippen LogP contribution in [-0.4, -0.2) is 44.1 Å². The lowest BCUT2D eigenvalue weighted by Crippen LogP contribution is -2.17. The molecule has 3 aromatic heterocycles. The number of likely N-dealkylation sites (tertiary alicyclic amines) is 1. The van der Waals surface area contributed by atoms with Crippen molar-refractivity contribution < 1.29 is 4.79 Å². The second-order valence-corrected chi connectivity index (χ2v) is 8.99. The summed E-state index contributed by atoms with van der Waals surface area (Å²) < 4.78 is 1.88. The van der Waals surface area contributed by atoms with E-state index >= 15 is 0 Å². The van der Waals surface area contributed by atoms with Gasteiger partial charge in [-0.15, -0.1) is 0 Å². The summed E-state index contributed by atoms with van der Waals surface area (Å²) in [5, 5.41) is 9.85. The van der Waals surface area contributed by atoms with Crippen LogP contribution in [0.3, 0.4) is 0 Å². The maximum Gasteiger partial charge on any atom is 0.256 e. The number of amides is 1. The smallest absolute Gasteiger partial charge is 0.256 e. The van der Waals surface area contributed by atoms with E-state index in [1.807, 2.05) is 42.2 Å². The quantitative estimate of drug-likeness (QED) is 0.520. The van der Waals surface area contributed by atoms with Gasteiger partial charge < -0.3 is 10.3 Å². The molecular weight excluding hydrogens is 388 g/mol. The zero-order valence-electron chi connectivity index (χ0n) is 17.9. The number of carbonyl (C=O) groups is 1. The van der Waals surface area contributed by atoms with Crippen molar-refractivity contribution in [3.63, 3.8) is 0 Å². The molecule has 4 heterocycles. The van der Waals surface area contributed by atoms with Gasteiger partial charge in [-0.3, -0.25) is 14.4 Å². The van der Waals surface area contributed by atoms with E-state index in [0.717, 1.165) is 34.0 Å². The van der Waals surface area contributed by atoms with Crippen LogP contribution in [0.2, 0.25) is 0 Å². The van der Waals surface area contributed by atoms with Gasteiger partial charge in [-0.1, -0.05) is 6.07 Å². The minimum absolute atomic E-state index is 0.162. The van der Waals surface area contributed by atoms with E-state index in [0.29, 0.717) is 23.3 Å². The van der Waals surface area contributed by atoms with Crippen molar-refractivity contribution in [3.8, 4) is 0 Å². The predicted octanol–water partition coefficient (Wildman–Crippen LogP) is 4.35. The number of aryl methyl sites for hydroxylation is 1. The first-order valence-corrected chi connectivity index (χ1v) is 11.0. The number of pyridine rings is 1. The molecule has 1 aliphatic carbocycles. The Morgan fingerprint density at radius 2 is 2.03 bits per heavy atom. The number of hydrogen-bond acceptors (Lipinski definition) is 4. The van der Waals surface area contributed by atoms with Crippen LogP contribution in [0, 0.1) is 0 Å². The summed E-state index contributed by atoms with van der Waals surface area (Å²) in [5.41, 5.74) is 4.98. The summed E-state index contributed by atoms with van der Waals surface area (Å²) in [4.78, 5) is 23.3. The van der Waals surface area contributed by atoms with Gasteiger partial charge in [-0.25, -0.2) is 4.98 Å². The number of hydrogen-bond donors (Lipinski definition) is 2. The highest BCUT2D eigenvalue weighted by molar-refractivity contribution is 6.06. The molecule has 31 heavy (non-hydrogen) atoms. The molecule has 0 bridgehead atoms. The van der Waals surface area contributed by atoms with Gasteiger partial charge >= 0.3 is 0 Å². The summed E-state index contributed by atoms with van der Waals surface area (Å²) in [6.07, 6.45) is 6.63. The maximum atomic E-state index is 12.9. The fourth-order valence-corrected chi connectivity index (χ4v) is 4.87. The van der Waals surface area contributed by atoms with Gasteiger partial charge in [0.05, 0.1) is 16.7 Å². The van der Waals surface area contributed by atoms with Crippen LogP contribution in [0.5, 0.6) is 0 Å². The van der Waals surface area contributed by atoms with Crippen molar-refractivity contribution in [2.24, 2.45) is 7.05 Å². The third kappa shape index (κ3) is 3.20. The first-order valence-electron chi connectivity index (χ1n) is 11.0. The van der Waals surface area contributed by atoms with Crippen LogP contribution in [0.25, 0.3) is 21.8 Å². The normalized spacial score (nSPS) is 19.5. The average Bonchev–Trinajstić information content (AvgIpc) is 3.24. The topological polar surface area (TPSA) is 78.8 Å². The number of nitrogens with one attached hydrogen (secondary N) is 2. The van der Waals surface area contributed by atoms with E-state index in [1.54, 1.807) is 0 Å². The molecule has 1 saturated heterocycles. The van der Waals surface area contributed by atoms with Gasteiger partial charge in [0.2, 0.25) is 0 Å². The number of H-pyrrole nitrogens is 1. The van der Waals surface area contributed by atoms with Crippen molar-refractivity contribution in [1.29, 1.82) is 0 Å². The second-order valence-electron chi connectivity index (χ2n) is 8.99. The van der Waals surface area contributed by atoms with Crippen molar-refractivity contribution in [3.05, 3.63) is 53.5 Å². The van der Waals surface area contributed by atoms with Crippen LogP contribution in [0.1, 0.15) is 59.4 Å². The fourth-order valence-electron chi connectivity index (χ4n) is 4.87. The highest BCUT2D eigenvalue weighted by Crippen LogP contribution is 2.42. The number of carbonyl (C=O) groups excluding carboxylic acids is 1. The van der Waals surface area contributed by atoms with E-state index < -0.39 is 0 Å². The third-order valence-electron chi connectivity index (χ3n) is 6.75. The molecule has 4 aromatic rings. The molecule has 1 saturated carbocycles. The molecule has 1 amide bonds. The van der Waals surface area contributed by atoms with Crippen LogP contribution in [0.15, 0.2) is 36.5 Å². The zero-order chi connectivity index (χ0) is 21.1. The number of benzene rings is 1. The average molecular weight is 415 g/mol. The Morgan fingerprint density at radius 3 is 2.81 bits per heavy atom. The molecule has 7 heteroatoms. The molecule has 1 atom stereocenters. The van der Waals surface area contributed by atoms with Gasteiger partial charge in [-0.05, 0) is 57.5 Å². The SMILES string of the molecule is CN1CCC[C@@H]1c1cc2cnc(NC(=O)c3ccc4c(C5CC5)nn(C)c4c3)cc2[nH]1. The Balaban J connectivity index is 1.26. The predicted molar refractivity (Wildman–Crippen MR) is 121 cm³/mol. The van der Waals surface area contributed by atoms with E-state index in [1.165, 1.54) is 31.4 Å². The third-order valence-corrected chi connectivity index (χ3v) is 6.75. The van der Waals surface area contributed by atoms with Gasteiger partial charge in [0.15, 0.2) is 0 Å². The summed E-state index contributed by atoms with van der Waals surface area (Å²) in [6.45, 7) is 1.13. The van der Waals surface area contributed by atoms with Crippen LogP contribution in [0.4, 0.5) is 5.82 Å². The Labute approximate surface area is 180 Å². The summed E-state index contributed by atoms with van der Waals surface area (Å²) >= 11 is 0. The van der Waals surface area contributed by atoms with Crippen molar-refractivity contribution in [1.82, 2.24) is 24.6 Å². The number of rotatable bonds is 4. The Kier molecular flexibility index (Phi) is 4.14. The maximum absolute atomic E-state index is 12.9. The van der Waals surface area contributed by atoms with E-state index in [9.17, 15) is 4.79 Å². The lowest BCUT2D eigenvalue weighted by molar-refractivity contribution is 0.102. The molecule has 1 aromatic carbocycles. The highest BCUT2D eigenvalue weighted by atomic mass is 16.1. The molecule has 0 spiro atoms. The molecule has 6 rings (SSSR count). The molecule has 7 nitrogen and oxygen atoms in total. The minimum Gasteiger partial charge on any atom is -0.357 e. The molecule has 0 unspecified atom stereocenters. The number of nitrogens with zero attached hydrogens (tertiary/aromatic N) is 4. The number of aromatic amines is 1. The Hall–Kier alpha value is -3.19. The second kappa shape index (κ2) is 6.92. The van der Waals surface area contributed by atoms with Gasteiger partial charge in [0.1, 0.15) is 5.82 Å². The monoisotopic (exact) mass is 414 g/mol. The molecule has 158 valence electrons. The lowest BCUT2D eigenvalue weighted by atomic mass is 10.1. The molecule has 2 fully saturated rings. The van der Waals surface area contributed by atoms with Crippen molar-refractivity contribution in [2.75, 3.05) is 18.9 Å². The standard InChI is InChI=1S/C24H26N6O/c1-29-9-3-4-20(29)19-10-16-13-25-22(12-18(16)26-19)27-24(31)15-7-8-17-21(11-15)30(2)28-23(17)14-5-6-14/h7-8,10-14,20,26H,3-6,9H2,1-2H3,(H,25,27,31)/t20-/m1/s1. The Bertz CT molecular complexity index is 1310. The largest absolute Gasteiger partial charge is 0.357 e. The van der Waals surface area contributed by atoms with Crippen LogP contribution < -0.4 is 5.32 Å². The molecule has 2 aliphatic rings. The van der Waals surface area contributed by atoms with Crippen molar-refractivity contribution >= 4 is 33.5 Å². The van der Waals surface area contributed by atoms with E-state index in [4.69, 9.17) is 0 Å². The Morgan fingerprint density at radius 1 is 1.16 bits per heavy atom. The first-order chi connectivity index (χ1) is 15.1. The first kappa shape index (κ1) is 18.6. The summed E-state index contributed by atoms with van der Waals surface area (Å²) in [6, 6.07) is 10.3. The van der Waals surface area contributed by atoms with E-state index in [2.05, 4.69) is 38.4 Å². The van der Waals surface area contributed by atoms with Gasteiger partial charge in [0, 0.05) is 53.3 Å². The van der Waals surface area contributed by atoms with Crippen LogP contribution >= 0.6 is 0 Å². The molecular formula is C24H26N6O. The number of fused-ring (bicyclic) bond motifs is 2. The minimum atomic E-state index is -0.162.